The monoisotopic (exact) mass is 460 g/mol. The summed E-state index contributed by atoms with van der Waals surface area (Å²) in [6, 6.07) is 2.76. The van der Waals surface area contributed by atoms with Crippen LogP contribution in [0.2, 0.25) is 5.02 Å². The zero-order valence-corrected chi connectivity index (χ0v) is 19.7. The van der Waals surface area contributed by atoms with Gasteiger partial charge in [-0.05, 0) is 62.2 Å². The normalized spacial score (nSPS) is 31.2. The Kier molecular flexibility index (Phi) is 5.77. The molecule has 4 fully saturated rings. The van der Waals surface area contributed by atoms with Gasteiger partial charge in [-0.3, -0.25) is 9.59 Å². The van der Waals surface area contributed by atoms with E-state index in [-0.39, 0.29) is 23.1 Å². The van der Waals surface area contributed by atoms with Crippen molar-refractivity contribution >= 4 is 29.1 Å². The van der Waals surface area contributed by atoms with Gasteiger partial charge in [-0.1, -0.05) is 25.4 Å². The molecule has 1 aromatic rings. The van der Waals surface area contributed by atoms with Crippen molar-refractivity contribution in [2.75, 3.05) is 18.5 Å². The van der Waals surface area contributed by atoms with Gasteiger partial charge in [0.05, 0.1) is 23.9 Å². The topological polar surface area (TPSA) is 76.7 Å². The van der Waals surface area contributed by atoms with Crippen molar-refractivity contribution in [1.82, 2.24) is 5.32 Å². The molecule has 6 rings (SSSR count). The summed E-state index contributed by atoms with van der Waals surface area (Å²) in [7, 11) is 0. The largest absolute Gasteiger partial charge is 0.490 e. The molecular formula is C25H33ClN2O4. The highest BCUT2D eigenvalue weighted by Crippen LogP contribution is 2.60. The number of nitrogens with one attached hydrogen (secondary N) is 2. The third kappa shape index (κ3) is 4.07. The van der Waals surface area contributed by atoms with E-state index in [1.807, 2.05) is 13.8 Å². The van der Waals surface area contributed by atoms with Gasteiger partial charge in [0, 0.05) is 24.0 Å². The van der Waals surface area contributed by atoms with Crippen LogP contribution in [0.5, 0.6) is 11.5 Å². The van der Waals surface area contributed by atoms with Crippen LogP contribution in [0, 0.1) is 29.1 Å². The minimum absolute atomic E-state index is 0.0490. The quantitative estimate of drug-likeness (QED) is 0.661. The number of carbonyl (C=O) groups excluding carboxylic acids is 2. The summed E-state index contributed by atoms with van der Waals surface area (Å²) in [4.78, 5) is 26.8. The minimum Gasteiger partial charge on any atom is -0.490 e. The number of halogens is 1. The molecule has 32 heavy (non-hydrogen) atoms. The fraction of sp³-hybridized carbons (Fsp3) is 0.680. The van der Waals surface area contributed by atoms with Gasteiger partial charge >= 0.3 is 0 Å². The molecule has 7 heteroatoms. The summed E-state index contributed by atoms with van der Waals surface area (Å²) >= 11 is 6.42. The molecule has 1 heterocycles. The average Bonchev–Trinajstić information content (AvgIpc) is 2.95. The lowest BCUT2D eigenvalue weighted by molar-refractivity contribution is -0.148. The Hall–Kier alpha value is -1.95. The van der Waals surface area contributed by atoms with Crippen molar-refractivity contribution in [2.45, 2.75) is 64.8 Å². The zero-order valence-electron chi connectivity index (χ0n) is 18.9. The maximum Gasteiger partial charge on any atom is 0.247 e. The molecule has 5 aliphatic rings. The van der Waals surface area contributed by atoms with Gasteiger partial charge < -0.3 is 20.1 Å². The maximum absolute atomic E-state index is 13.5. The van der Waals surface area contributed by atoms with Crippen LogP contribution in [-0.4, -0.2) is 31.1 Å². The number of hydrogen-bond acceptors (Lipinski definition) is 4. The Morgan fingerprint density at radius 3 is 2.12 bits per heavy atom. The Morgan fingerprint density at radius 1 is 1.00 bits per heavy atom. The van der Waals surface area contributed by atoms with E-state index in [1.165, 1.54) is 19.3 Å². The molecule has 0 aromatic heterocycles. The van der Waals surface area contributed by atoms with Gasteiger partial charge in [0.15, 0.2) is 11.5 Å². The van der Waals surface area contributed by atoms with Crippen LogP contribution in [0.4, 0.5) is 5.69 Å². The lowest BCUT2D eigenvalue weighted by atomic mass is 9.49. The lowest BCUT2D eigenvalue weighted by Gasteiger charge is -2.55. The molecule has 2 N–H and O–H groups in total. The molecule has 1 aromatic carbocycles. The second-order valence-corrected chi connectivity index (χ2v) is 11.1. The maximum atomic E-state index is 13.5. The Morgan fingerprint density at radius 2 is 1.56 bits per heavy atom. The Labute approximate surface area is 194 Å². The molecule has 4 saturated carbocycles. The van der Waals surface area contributed by atoms with Gasteiger partial charge in [-0.15, -0.1) is 0 Å². The number of amides is 2. The molecule has 0 saturated heterocycles. The first-order chi connectivity index (χ1) is 15.3. The summed E-state index contributed by atoms with van der Waals surface area (Å²) < 4.78 is 11.4. The lowest BCUT2D eigenvalue weighted by Crippen LogP contribution is -2.57. The number of ether oxygens (including phenoxy) is 2. The van der Waals surface area contributed by atoms with Crippen LogP contribution in [0.25, 0.3) is 0 Å². The predicted octanol–water partition coefficient (Wildman–Crippen LogP) is 4.80. The molecule has 4 aliphatic carbocycles. The summed E-state index contributed by atoms with van der Waals surface area (Å²) in [5, 5.41) is 6.44. The third-order valence-corrected chi connectivity index (χ3v) is 8.16. The SMILES string of the molecule is CC(C)C(NC(=O)C12CC3CC(CC(C3)C1)C2)C(=O)Nc1cc2c(cc1Cl)OCCCO2. The molecule has 1 unspecified atom stereocenters. The molecule has 1 atom stereocenters. The molecule has 4 bridgehead atoms. The van der Waals surface area contributed by atoms with Gasteiger partial charge in [0.2, 0.25) is 11.8 Å². The van der Waals surface area contributed by atoms with Gasteiger partial charge in [0.25, 0.3) is 0 Å². The highest BCUT2D eigenvalue weighted by atomic mass is 35.5. The van der Waals surface area contributed by atoms with Gasteiger partial charge in [0.1, 0.15) is 6.04 Å². The van der Waals surface area contributed by atoms with E-state index in [0.29, 0.717) is 53.2 Å². The first-order valence-electron chi connectivity index (χ1n) is 12.0. The number of carbonyl (C=O) groups is 2. The zero-order chi connectivity index (χ0) is 22.5. The van der Waals surface area contributed by atoms with E-state index in [2.05, 4.69) is 10.6 Å². The number of hydrogen-bond donors (Lipinski definition) is 2. The van der Waals surface area contributed by atoms with Crippen LogP contribution >= 0.6 is 11.6 Å². The summed E-state index contributed by atoms with van der Waals surface area (Å²) in [6.07, 6.45) is 7.57. The second kappa shape index (κ2) is 8.44. The smallest absolute Gasteiger partial charge is 0.247 e. The van der Waals surface area contributed by atoms with Crippen LogP contribution in [0.1, 0.15) is 58.8 Å². The second-order valence-electron chi connectivity index (χ2n) is 10.7. The molecule has 1 aliphatic heterocycles. The first kappa shape index (κ1) is 21.9. The Bertz CT molecular complexity index is 880. The Balaban J connectivity index is 1.31. The molecule has 174 valence electrons. The average molecular weight is 461 g/mol. The van der Waals surface area contributed by atoms with E-state index in [0.717, 1.165) is 25.7 Å². The molecular weight excluding hydrogens is 428 g/mol. The van der Waals surface area contributed by atoms with Gasteiger partial charge in [-0.2, -0.15) is 0 Å². The number of anilines is 1. The van der Waals surface area contributed by atoms with Crippen molar-refractivity contribution in [3.05, 3.63) is 17.2 Å². The van der Waals surface area contributed by atoms with E-state index < -0.39 is 6.04 Å². The van der Waals surface area contributed by atoms with Crippen LogP contribution < -0.4 is 20.1 Å². The van der Waals surface area contributed by atoms with E-state index in [4.69, 9.17) is 21.1 Å². The van der Waals surface area contributed by atoms with Crippen molar-refractivity contribution in [3.63, 3.8) is 0 Å². The highest BCUT2D eigenvalue weighted by molar-refractivity contribution is 6.34. The number of benzene rings is 1. The number of fused-ring (bicyclic) bond motifs is 1. The summed E-state index contributed by atoms with van der Waals surface area (Å²) in [5.41, 5.74) is 0.185. The van der Waals surface area contributed by atoms with Crippen LogP contribution in [-0.2, 0) is 9.59 Å². The van der Waals surface area contributed by atoms with E-state index in [9.17, 15) is 9.59 Å². The van der Waals surface area contributed by atoms with Crippen molar-refractivity contribution < 1.29 is 19.1 Å². The van der Waals surface area contributed by atoms with E-state index in [1.54, 1.807) is 12.1 Å². The summed E-state index contributed by atoms with van der Waals surface area (Å²) in [6.45, 7) is 5.04. The standard InChI is InChI=1S/C25H33ClN2O4/c1-14(2)22(28-24(30)25-11-15-6-16(12-25)8-17(7-15)13-25)23(29)27-19-10-21-20(9-18(19)26)31-4-3-5-32-21/h9-10,14-17,22H,3-8,11-13H2,1-2H3,(H,27,29)(H,28,30). The molecule has 6 nitrogen and oxygen atoms in total. The van der Waals surface area contributed by atoms with E-state index >= 15 is 0 Å². The molecule has 2 amide bonds. The summed E-state index contributed by atoms with van der Waals surface area (Å²) in [5.74, 6) is 2.95. The van der Waals surface area contributed by atoms with Crippen LogP contribution in [0.15, 0.2) is 12.1 Å². The van der Waals surface area contributed by atoms with Crippen LogP contribution in [0.3, 0.4) is 0 Å². The van der Waals surface area contributed by atoms with Crippen molar-refractivity contribution in [3.8, 4) is 11.5 Å². The third-order valence-electron chi connectivity index (χ3n) is 7.85. The molecule has 0 spiro atoms. The number of rotatable bonds is 5. The molecule has 0 radical (unpaired) electrons. The predicted molar refractivity (Wildman–Crippen MR) is 123 cm³/mol. The fourth-order valence-corrected chi connectivity index (χ4v) is 6.91. The fourth-order valence-electron chi connectivity index (χ4n) is 6.71. The van der Waals surface area contributed by atoms with Gasteiger partial charge in [-0.25, -0.2) is 0 Å². The van der Waals surface area contributed by atoms with Crippen molar-refractivity contribution in [1.29, 1.82) is 0 Å². The highest BCUT2D eigenvalue weighted by Gasteiger charge is 2.55. The first-order valence-corrected chi connectivity index (χ1v) is 12.4. The minimum atomic E-state index is -0.623. The van der Waals surface area contributed by atoms with Crippen molar-refractivity contribution in [2.24, 2.45) is 29.1 Å².